The second kappa shape index (κ2) is 7.99. The number of rotatable bonds is 4. The minimum Gasteiger partial charge on any atom is -1.00 e. The summed E-state index contributed by atoms with van der Waals surface area (Å²) in [7, 11) is 0. The first-order valence-electron chi connectivity index (χ1n) is 8.64. The maximum absolute atomic E-state index is 2.44. The molecule has 1 fully saturated rings. The third-order valence-corrected chi connectivity index (χ3v) is 5.04. The molecule has 1 heterocycles. The standard InChI is InChI=1S/C21H28N.ClH/c1-18(2)13-16-22(14-6-3-7-15-22)17-20-11-8-10-19-9-4-5-12-21(19)20;/h4-5,8-13H,3,6-7,14-17H2,1-2H3;1H/q+1;/p-1. The number of nitrogens with zero attached hydrogens (tertiary/aromatic N) is 1. The van der Waals surface area contributed by atoms with Crippen molar-refractivity contribution >= 4 is 10.8 Å². The van der Waals surface area contributed by atoms with E-state index in [-0.39, 0.29) is 12.4 Å². The van der Waals surface area contributed by atoms with Crippen LogP contribution in [0.5, 0.6) is 0 Å². The van der Waals surface area contributed by atoms with E-state index in [4.69, 9.17) is 0 Å². The Morgan fingerprint density at radius 1 is 0.957 bits per heavy atom. The fourth-order valence-electron chi connectivity index (χ4n) is 3.76. The molecule has 0 N–H and O–H groups in total. The van der Waals surface area contributed by atoms with Crippen LogP contribution >= 0.6 is 0 Å². The third-order valence-electron chi connectivity index (χ3n) is 5.04. The van der Waals surface area contributed by atoms with Gasteiger partial charge in [-0.3, -0.25) is 0 Å². The highest BCUT2D eigenvalue weighted by molar-refractivity contribution is 5.85. The zero-order chi connectivity index (χ0) is 15.4. The van der Waals surface area contributed by atoms with E-state index in [9.17, 15) is 0 Å². The van der Waals surface area contributed by atoms with Gasteiger partial charge in [0.2, 0.25) is 0 Å². The topological polar surface area (TPSA) is 0 Å². The molecule has 0 unspecified atom stereocenters. The summed E-state index contributed by atoms with van der Waals surface area (Å²) in [6.45, 7) is 9.45. The van der Waals surface area contributed by atoms with Gasteiger partial charge in [-0.15, -0.1) is 0 Å². The maximum Gasteiger partial charge on any atom is 0.105 e. The zero-order valence-corrected chi connectivity index (χ0v) is 15.1. The van der Waals surface area contributed by atoms with Crippen molar-refractivity contribution in [2.75, 3.05) is 19.6 Å². The van der Waals surface area contributed by atoms with Crippen molar-refractivity contribution in [3.63, 3.8) is 0 Å². The van der Waals surface area contributed by atoms with Gasteiger partial charge in [0.1, 0.15) is 6.54 Å². The lowest BCUT2D eigenvalue weighted by Crippen LogP contribution is -3.00. The monoisotopic (exact) mass is 329 g/mol. The van der Waals surface area contributed by atoms with Gasteiger partial charge in [-0.2, -0.15) is 0 Å². The Morgan fingerprint density at radius 2 is 1.65 bits per heavy atom. The molecule has 3 rings (SSSR count). The number of benzene rings is 2. The average Bonchev–Trinajstić information content (AvgIpc) is 2.54. The maximum atomic E-state index is 2.44. The molecular weight excluding hydrogens is 302 g/mol. The van der Waals surface area contributed by atoms with Gasteiger partial charge in [-0.25, -0.2) is 0 Å². The second-order valence-corrected chi connectivity index (χ2v) is 7.11. The van der Waals surface area contributed by atoms with Crippen LogP contribution in [0.2, 0.25) is 0 Å². The summed E-state index contributed by atoms with van der Waals surface area (Å²) in [5, 5.41) is 2.81. The van der Waals surface area contributed by atoms with Crippen LogP contribution in [0.15, 0.2) is 54.1 Å². The molecule has 0 aliphatic carbocycles. The Bertz CT molecular complexity index is 659. The molecule has 0 atom stereocenters. The number of likely N-dealkylation sites (tertiary alicyclic amines) is 1. The van der Waals surface area contributed by atoms with Crippen molar-refractivity contribution in [2.24, 2.45) is 0 Å². The highest BCUT2D eigenvalue weighted by atomic mass is 35.5. The van der Waals surface area contributed by atoms with Gasteiger partial charge in [0.15, 0.2) is 0 Å². The van der Waals surface area contributed by atoms with Crippen molar-refractivity contribution < 1.29 is 16.9 Å². The summed E-state index contributed by atoms with van der Waals surface area (Å²) >= 11 is 0. The van der Waals surface area contributed by atoms with E-state index in [1.807, 2.05) is 0 Å². The molecule has 23 heavy (non-hydrogen) atoms. The van der Waals surface area contributed by atoms with Crippen molar-refractivity contribution in [1.29, 1.82) is 0 Å². The van der Waals surface area contributed by atoms with Gasteiger partial charge in [-0.05, 0) is 50.0 Å². The molecule has 0 saturated carbocycles. The van der Waals surface area contributed by atoms with E-state index >= 15 is 0 Å². The van der Waals surface area contributed by atoms with Crippen LogP contribution in [0.25, 0.3) is 10.8 Å². The van der Waals surface area contributed by atoms with E-state index in [1.54, 1.807) is 0 Å². The van der Waals surface area contributed by atoms with Crippen LogP contribution < -0.4 is 12.4 Å². The van der Waals surface area contributed by atoms with Crippen LogP contribution in [-0.4, -0.2) is 24.1 Å². The molecule has 2 aromatic carbocycles. The van der Waals surface area contributed by atoms with Crippen LogP contribution in [0, 0.1) is 0 Å². The van der Waals surface area contributed by atoms with Crippen LogP contribution in [0.3, 0.4) is 0 Å². The minimum atomic E-state index is 0. The molecule has 0 amide bonds. The van der Waals surface area contributed by atoms with Crippen LogP contribution in [-0.2, 0) is 6.54 Å². The summed E-state index contributed by atoms with van der Waals surface area (Å²) in [5.74, 6) is 0. The van der Waals surface area contributed by atoms with E-state index < -0.39 is 0 Å². The van der Waals surface area contributed by atoms with Crippen molar-refractivity contribution in [3.05, 3.63) is 59.7 Å². The first-order valence-corrected chi connectivity index (χ1v) is 8.64. The van der Waals surface area contributed by atoms with Gasteiger partial charge in [0.25, 0.3) is 0 Å². The lowest BCUT2D eigenvalue weighted by Gasteiger charge is -2.41. The Morgan fingerprint density at radius 3 is 2.39 bits per heavy atom. The minimum absolute atomic E-state index is 0. The van der Waals surface area contributed by atoms with E-state index in [2.05, 4.69) is 62.4 Å². The largest absolute Gasteiger partial charge is 1.00 e. The summed E-state index contributed by atoms with van der Waals surface area (Å²) in [6.07, 6.45) is 6.60. The van der Waals surface area contributed by atoms with E-state index in [0.717, 1.165) is 0 Å². The quantitative estimate of drug-likeness (QED) is 0.596. The molecule has 1 saturated heterocycles. The molecule has 0 radical (unpaired) electrons. The summed E-state index contributed by atoms with van der Waals surface area (Å²) < 4.78 is 1.24. The summed E-state index contributed by atoms with van der Waals surface area (Å²) in [5.41, 5.74) is 2.96. The molecule has 124 valence electrons. The van der Waals surface area contributed by atoms with Crippen LogP contribution in [0.1, 0.15) is 38.7 Å². The molecule has 0 spiro atoms. The first-order chi connectivity index (χ1) is 10.7. The van der Waals surface area contributed by atoms with Gasteiger partial charge < -0.3 is 16.9 Å². The predicted octanol–water partition coefficient (Wildman–Crippen LogP) is 2.31. The number of quaternary nitrogens is 1. The smallest absolute Gasteiger partial charge is 0.105 e. The van der Waals surface area contributed by atoms with Gasteiger partial charge in [0, 0.05) is 5.56 Å². The van der Waals surface area contributed by atoms with Gasteiger partial charge >= 0.3 is 0 Å². The first kappa shape index (κ1) is 18.0. The normalized spacial score (nSPS) is 16.6. The average molecular weight is 330 g/mol. The van der Waals surface area contributed by atoms with Crippen LogP contribution in [0.4, 0.5) is 0 Å². The Labute approximate surface area is 147 Å². The number of fused-ring (bicyclic) bond motifs is 1. The number of halogens is 1. The summed E-state index contributed by atoms with van der Waals surface area (Å²) in [6, 6.07) is 15.6. The predicted molar refractivity (Wildman–Crippen MR) is 95.8 cm³/mol. The fraction of sp³-hybridized carbons (Fsp3) is 0.429. The van der Waals surface area contributed by atoms with Gasteiger partial charge in [0.05, 0.1) is 19.6 Å². The van der Waals surface area contributed by atoms with Crippen molar-refractivity contribution in [1.82, 2.24) is 0 Å². The highest BCUT2D eigenvalue weighted by Crippen LogP contribution is 2.27. The summed E-state index contributed by atoms with van der Waals surface area (Å²) in [4.78, 5) is 0. The number of piperidine rings is 1. The molecule has 0 aromatic heterocycles. The number of allylic oxidation sites excluding steroid dienone is 1. The molecular formula is C21H28ClN. The number of hydrogen-bond donors (Lipinski definition) is 0. The molecule has 1 aliphatic heterocycles. The van der Waals surface area contributed by atoms with Gasteiger partial charge in [-0.1, -0.05) is 48.0 Å². The molecule has 0 bridgehead atoms. The van der Waals surface area contributed by atoms with Crippen molar-refractivity contribution in [2.45, 2.75) is 39.7 Å². The Kier molecular flexibility index (Phi) is 6.26. The zero-order valence-electron chi connectivity index (χ0n) is 14.4. The Hall–Kier alpha value is -1.31. The molecule has 2 aromatic rings. The van der Waals surface area contributed by atoms with E-state index in [0.29, 0.717) is 0 Å². The SMILES string of the molecule is CC(C)=CC[N+]1(Cc2cccc3ccccc23)CCCCC1.[Cl-]. The lowest BCUT2D eigenvalue weighted by atomic mass is 10.0. The molecule has 1 aliphatic rings. The Balaban J connectivity index is 0.00000192. The van der Waals surface area contributed by atoms with E-state index in [1.165, 1.54) is 71.8 Å². The number of hydrogen-bond acceptors (Lipinski definition) is 0. The fourth-order valence-corrected chi connectivity index (χ4v) is 3.76. The third kappa shape index (κ3) is 4.37. The lowest BCUT2D eigenvalue weighted by molar-refractivity contribution is -0.939. The molecule has 1 nitrogen and oxygen atoms in total. The highest BCUT2D eigenvalue weighted by Gasteiger charge is 2.29. The second-order valence-electron chi connectivity index (χ2n) is 7.11. The van der Waals surface area contributed by atoms with Crippen molar-refractivity contribution in [3.8, 4) is 0 Å². The molecule has 2 heteroatoms.